The van der Waals surface area contributed by atoms with Crippen molar-refractivity contribution in [1.82, 2.24) is 0 Å². The van der Waals surface area contributed by atoms with Crippen molar-refractivity contribution < 1.29 is 9.53 Å². The summed E-state index contributed by atoms with van der Waals surface area (Å²) in [6.45, 7) is 3.88. The second kappa shape index (κ2) is 8.29. The predicted molar refractivity (Wildman–Crippen MR) is 90.8 cm³/mol. The largest absolute Gasteiger partial charge is 0.447 e. The van der Waals surface area contributed by atoms with Crippen LogP contribution in [0.5, 0.6) is 0 Å². The average Bonchev–Trinajstić information content (AvgIpc) is 2.52. The summed E-state index contributed by atoms with van der Waals surface area (Å²) in [5.74, 6) is 0. The normalized spacial score (nSPS) is 10.1. The molecule has 0 aliphatic heterocycles. The number of rotatable bonds is 6. The molecule has 116 valence electrons. The Hall–Kier alpha value is -2.20. The molecule has 0 aliphatic carbocycles. The number of ether oxygens (including phenoxy) is 1. The fraction of sp³-hybridized carbons (Fsp3) is 0.235. The highest BCUT2D eigenvalue weighted by molar-refractivity contribution is 6.30. The summed E-state index contributed by atoms with van der Waals surface area (Å²) in [7, 11) is 0. The van der Waals surface area contributed by atoms with E-state index in [4.69, 9.17) is 16.3 Å². The van der Waals surface area contributed by atoms with Crippen LogP contribution in [0.2, 0.25) is 5.02 Å². The minimum atomic E-state index is -0.480. The molecule has 1 N–H and O–H groups in total. The lowest BCUT2D eigenvalue weighted by atomic mass is 10.3. The Balaban J connectivity index is 1.79. The molecular formula is C17H19ClN2O2. The van der Waals surface area contributed by atoms with E-state index in [-0.39, 0.29) is 0 Å². The van der Waals surface area contributed by atoms with Gasteiger partial charge < -0.3 is 9.64 Å². The first-order chi connectivity index (χ1) is 10.7. The number of carbonyl (C=O) groups excluding carboxylic acids is 1. The van der Waals surface area contributed by atoms with Gasteiger partial charge in [-0.1, -0.05) is 35.9 Å². The molecule has 0 saturated heterocycles. The molecule has 2 aromatic rings. The minimum Gasteiger partial charge on any atom is -0.447 e. The van der Waals surface area contributed by atoms with E-state index >= 15 is 0 Å². The molecule has 5 heteroatoms. The number of anilines is 2. The van der Waals surface area contributed by atoms with Crippen molar-refractivity contribution in [3.8, 4) is 0 Å². The number of nitrogens with zero attached hydrogens (tertiary/aromatic N) is 1. The molecule has 0 fully saturated rings. The predicted octanol–water partition coefficient (Wildman–Crippen LogP) is 4.42. The first-order valence-electron chi connectivity index (χ1n) is 7.18. The Kier molecular flexibility index (Phi) is 6.10. The van der Waals surface area contributed by atoms with E-state index in [1.54, 1.807) is 24.3 Å². The third-order valence-electron chi connectivity index (χ3n) is 3.17. The van der Waals surface area contributed by atoms with Crippen LogP contribution in [0.1, 0.15) is 6.92 Å². The number of amides is 1. The van der Waals surface area contributed by atoms with Crippen LogP contribution < -0.4 is 10.2 Å². The van der Waals surface area contributed by atoms with E-state index in [1.807, 2.05) is 30.3 Å². The van der Waals surface area contributed by atoms with Gasteiger partial charge in [-0.15, -0.1) is 0 Å². The molecule has 0 aromatic heterocycles. The van der Waals surface area contributed by atoms with Crippen molar-refractivity contribution in [2.45, 2.75) is 6.92 Å². The Labute approximate surface area is 135 Å². The topological polar surface area (TPSA) is 41.6 Å². The number of nitrogens with one attached hydrogen (secondary N) is 1. The lowest BCUT2D eigenvalue weighted by Crippen LogP contribution is -2.28. The number of hydrogen-bond donors (Lipinski definition) is 1. The summed E-state index contributed by atoms with van der Waals surface area (Å²) in [5.41, 5.74) is 1.73. The van der Waals surface area contributed by atoms with Crippen molar-refractivity contribution in [2.75, 3.05) is 29.9 Å². The van der Waals surface area contributed by atoms with Gasteiger partial charge in [0.1, 0.15) is 6.61 Å². The van der Waals surface area contributed by atoms with Crippen LogP contribution in [0.15, 0.2) is 54.6 Å². The molecular weight excluding hydrogens is 300 g/mol. The Bertz CT molecular complexity index is 605. The molecule has 22 heavy (non-hydrogen) atoms. The monoisotopic (exact) mass is 318 g/mol. The first kappa shape index (κ1) is 16.2. The van der Waals surface area contributed by atoms with E-state index in [0.717, 1.165) is 12.2 Å². The molecule has 2 aromatic carbocycles. The number of likely N-dealkylation sites (N-methyl/N-ethyl adjacent to an activating group) is 1. The zero-order valence-corrected chi connectivity index (χ0v) is 13.2. The average molecular weight is 319 g/mol. The van der Waals surface area contributed by atoms with Crippen LogP contribution in [0.25, 0.3) is 0 Å². The summed E-state index contributed by atoms with van der Waals surface area (Å²) >= 11 is 5.86. The maximum Gasteiger partial charge on any atom is 0.411 e. The second-order valence-corrected chi connectivity index (χ2v) is 5.12. The van der Waals surface area contributed by atoms with Crippen LogP contribution in [0.4, 0.5) is 16.2 Å². The van der Waals surface area contributed by atoms with E-state index in [0.29, 0.717) is 23.9 Å². The van der Waals surface area contributed by atoms with Gasteiger partial charge in [-0.3, -0.25) is 5.32 Å². The smallest absolute Gasteiger partial charge is 0.411 e. The number of benzene rings is 2. The van der Waals surface area contributed by atoms with Crippen LogP contribution >= 0.6 is 11.6 Å². The van der Waals surface area contributed by atoms with E-state index < -0.39 is 6.09 Å². The van der Waals surface area contributed by atoms with Crippen molar-refractivity contribution in [2.24, 2.45) is 0 Å². The minimum absolute atomic E-state index is 0.315. The van der Waals surface area contributed by atoms with Gasteiger partial charge in [0.15, 0.2) is 0 Å². The Morgan fingerprint density at radius 2 is 1.95 bits per heavy atom. The van der Waals surface area contributed by atoms with Crippen LogP contribution in [-0.4, -0.2) is 25.8 Å². The summed E-state index contributed by atoms with van der Waals surface area (Å²) in [4.78, 5) is 13.9. The fourth-order valence-corrected chi connectivity index (χ4v) is 2.27. The van der Waals surface area contributed by atoms with Gasteiger partial charge in [0.2, 0.25) is 0 Å². The molecule has 0 saturated carbocycles. The third-order valence-corrected chi connectivity index (χ3v) is 3.40. The molecule has 2 rings (SSSR count). The zero-order chi connectivity index (χ0) is 15.8. The van der Waals surface area contributed by atoms with Crippen molar-refractivity contribution in [3.63, 3.8) is 0 Å². The zero-order valence-electron chi connectivity index (χ0n) is 12.5. The van der Waals surface area contributed by atoms with Gasteiger partial charge in [-0.2, -0.15) is 0 Å². The van der Waals surface area contributed by atoms with Gasteiger partial charge in [0.05, 0.1) is 6.54 Å². The number of halogens is 1. The van der Waals surface area contributed by atoms with Gasteiger partial charge in [0.25, 0.3) is 0 Å². The van der Waals surface area contributed by atoms with E-state index in [1.165, 1.54) is 0 Å². The SMILES string of the molecule is CCN(CCOC(=O)Nc1cccc(Cl)c1)c1ccccc1. The Morgan fingerprint density at radius 3 is 2.64 bits per heavy atom. The van der Waals surface area contributed by atoms with Crippen molar-refractivity contribution in [1.29, 1.82) is 0 Å². The summed E-state index contributed by atoms with van der Waals surface area (Å²) in [6, 6.07) is 17.0. The van der Waals surface area contributed by atoms with Crippen molar-refractivity contribution >= 4 is 29.1 Å². The quantitative estimate of drug-likeness (QED) is 0.857. The van der Waals surface area contributed by atoms with E-state index in [9.17, 15) is 4.79 Å². The number of carbonyl (C=O) groups is 1. The lowest BCUT2D eigenvalue weighted by Gasteiger charge is -2.22. The molecule has 0 spiro atoms. The molecule has 0 aliphatic rings. The van der Waals surface area contributed by atoms with Gasteiger partial charge in [-0.05, 0) is 37.3 Å². The number of hydrogen-bond acceptors (Lipinski definition) is 3. The van der Waals surface area contributed by atoms with Crippen LogP contribution in [-0.2, 0) is 4.74 Å². The molecule has 0 atom stereocenters. The molecule has 0 bridgehead atoms. The maximum atomic E-state index is 11.7. The maximum absolute atomic E-state index is 11.7. The van der Waals surface area contributed by atoms with E-state index in [2.05, 4.69) is 17.1 Å². The molecule has 0 unspecified atom stereocenters. The molecule has 4 nitrogen and oxygen atoms in total. The van der Waals surface area contributed by atoms with Crippen LogP contribution in [0.3, 0.4) is 0 Å². The second-order valence-electron chi connectivity index (χ2n) is 4.69. The highest BCUT2D eigenvalue weighted by atomic mass is 35.5. The summed E-state index contributed by atoms with van der Waals surface area (Å²) < 4.78 is 5.20. The first-order valence-corrected chi connectivity index (χ1v) is 7.56. The highest BCUT2D eigenvalue weighted by Gasteiger charge is 2.07. The van der Waals surface area contributed by atoms with Crippen molar-refractivity contribution in [3.05, 3.63) is 59.6 Å². The fourth-order valence-electron chi connectivity index (χ4n) is 2.08. The molecule has 0 radical (unpaired) electrons. The summed E-state index contributed by atoms with van der Waals surface area (Å²) in [5, 5.41) is 3.22. The summed E-state index contributed by atoms with van der Waals surface area (Å²) in [6.07, 6.45) is -0.480. The lowest BCUT2D eigenvalue weighted by molar-refractivity contribution is 0.164. The molecule has 0 heterocycles. The standard InChI is InChI=1S/C17H19ClN2O2/c1-2-20(16-9-4-3-5-10-16)11-12-22-17(21)19-15-8-6-7-14(18)13-15/h3-10,13H,2,11-12H2,1H3,(H,19,21). The van der Waals surface area contributed by atoms with Gasteiger partial charge >= 0.3 is 6.09 Å². The molecule has 1 amide bonds. The Morgan fingerprint density at radius 1 is 1.18 bits per heavy atom. The van der Waals surface area contributed by atoms with Gasteiger partial charge in [-0.25, -0.2) is 4.79 Å². The van der Waals surface area contributed by atoms with Crippen LogP contribution in [0, 0.1) is 0 Å². The number of para-hydroxylation sites is 1. The highest BCUT2D eigenvalue weighted by Crippen LogP contribution is 2.15. The third kappa shape index (κ3) is 4.97. The van der Waals surface area contributed by atoms with Gasteiger partial charge in [0, 0.05) is 22.9 Å².